The van der Waals surface area contributed by atoms with Crippen molar-refractivity contribution in [3.63, 3.8) is 0 Å². The summed E-state index contributed by atoms with van der Waals surface area (Å²) in [6, 6.07) is 5.45. The molecular formula is C17H15ClN4O3. The second-order valence-corrected chi connectivity index (χ2v) is 6.28. The molecule has 0 unspecified atom stereocenters. The highest BCUT2D eigenvalue weighted by Gasteiger charge is 2.24. The highest BCUT2D eigenvalue weighted by Crippen LogP contribution is 2.32. The molecule has 0 aliphatic carbocycles. The zero-order valence-corrected chi connectivity index (χ0v) is 14.2. The third-order valence-corrected chi connectivity index (χ3v) is 4.88. The largest absolute Gasteiger partial charge is 0.465 e. The lowest BCUT2D eigenvalue weighted by Crippen LogP contribution is -2.31. The van der Waals surface area contributed by atoms with E-state index in [1.807, 2.05) is 17.0 Å². The van der Waals surface area contributed by atoms with E-state index < -0.39 is 5.56 Å². The van der Waals surface area contributed by atoms with Gasteiger partial charge in [-0.25, -0.2) is 9.89 Å². The third kappa shape index (κ3) is 2.56. The normalized spacial score (nSPS) is 13.8. The molecular weight excluding hydrogens is 344 g/mol. The number of aromatic nitrogens is 3. The smallest absolute Gasteiger partial charge is 0.337 e. The first-order chi connectivity index (χ1) is 12.1. The number of esters is 1. The van der Waals surface area contributed by atoms with Crippen molar-refractivity contribution in [2.75, 3.05) is 18.6 Å². The number of carbonyl (C=O) groups excluding carboxylic acids is 1. The number of halogens is 1. The average Bonchev–Trinajstić information content (AvgIpc) is 3.00. The van der Waals surface area contributed by atoms with E-state index in [1.165, 1.54) is 7.11 Å². The Morgan fingerprint density at radius 2 is 2.24 bits per heavy atom. The summed E-state index contributed by atoms with van der Waals surface area (Å²) in [5.41, 5.74) is 3.89. The molecule has 0 atom stereocenters. The lowest BCUT2D eigenvalue weighted by molar-refractivity contribution is 0.0601. The molecule has 1 aliphatic heterocycles. The van der Waals surface area contributed by atoms with Crippen molar-refractivity contribution in [2.24, 2.45) is 0 Å². The summed E-state index contributed by atoms with van der Waals surface area (Å²) in [7, 11) is 1.36. The fourth-order valence-electron chi connectivity index (χ4n) is 3.26. The van der Waals surface area contributed by atoms with Gasteiger partial charge in [0, 0.05) is 41.7 Å². The number of H-pyrrole nitrogens is 2. The maximum atomic E-state index is 11.8. The summed E-state index contributed by atoms with van der Waals surface area (Å²) in [5.74, 6) is -0.369. The van der Waals surface area contributed by atoms with Gasteiger partial charge < -0.3 is 14.6 Å². The molecule has 8 heteroatoms. The Morgan fingerprint density at radius 3 is 3.04 bits per heavy atom. The summed E-state index contributed by atoms with van der Waals surface area (Å²) in [6.07, 6.45) is 2.34. The van der Waals surface area contributed by atoms with Gasteiger partial charge in [0.15, 0.2) is 0 Å². The molecule has 0 bridgehead atoms. The van der Waals surface area contributed by atoms with Crippen molar-refractivity contribution in [1.82, 2.24) is 15.2 Å². The van der Waals surface area contributed by atoms with E-state index in [0.717, 1.165) is 28.6 Å². The Bertz CT molecular complexity index is 1040. The zero-order chi connectivity index (χ0) is 17.6. The molecule has 1 aromatic carbocycles. The predicted octanol–water partition coefficient (Wildman–Crippen LogP) is 2.25. The zero-order valence-electron chi connectivity index (χ0n) is 13.4. The van der Waals surface area contributed by atoms with Crippen molar-refractivity contribution >= 4 is 34.2 Å². The summed E-state index contributed by atoms with van der Waals surface area (Å²) in [4.78, 5) is 28.9. The quantitative estimate of drug-likeness (QED) is 0.686. The van der Waals surface area contributed by atoms with E-state index in [0.29, 0.717) is 24.3 Å². The number of rotatable bonds is 2. The van der Waals surface area contributed by atoms with Crippen LogP contribution in [0.15, 0.2) is 29.2 Å². The van der Waals surface area contributed by atoms with Crippen LogP contribution in [0.1, 0.15) is 21.6 Å². The molecule has 7 nitrogen and oxygen atoms in total. The number of nitrogens with one attached hydrogen (secondary N) is 2. The molecule has 25 heavy (non-hydrogen) atoms. The summed E-state index contributed by atoms with van der Waals surface area (Å²) in [6.45, 7) is 1.29. The van der Waals surface area contributed by atoms with Gasteiger partial charge in [-0.3, -0.25) is 4.79 Å². The maximum Gasteiger partial charge on any atom is 0.337 e. The highest BCUT2D eigenvalue weighted by molar-refractivity contribution is 6.33. The van der Waals surface area contributed by atoms with Crippen molar-refractivity contribution in [1.29, 1.82) is 0 Å². The fraction of sp³-hybridized carbons (Fsp3) is 0.235. The van der Waals surface area contributed by atoms with E-state index in [4.69, 9.17) is 16.3 Å². The number of benzene rings is 1. The van der Waals surface area contributed by atoms with Gasteiger partial charge >= 0.3 is 5.97 Å². The number of hydrogen-bond donors (Lipinski definition) is 2. The Kier molecular flexibility index (Phi) is 3.73. The Hall–Kier alpha value is -2.80. The van der Waals surface area contributed by atoms with Gasteiger partial charge in [-0.2, -0.15) is 5.10 Å². The third-order valence-electron chi connectivity index (χ3n) is 4.51. The summed E-state index contributed by atoms with van der Waals surface area (Å²) >= 11 is 6.14. The minimum Gasteiger partial charge on any atom is -0.465 e. The minimum absolute atomic E-state index is 0.133. The number of fused-ring (bicyclic) bond motifs is 3. The first-order valence-electron chi connectivity index (χ1n) is 7.78. The van der Waals surface area contributed by atoms with Crippen LogP contribution in [0.25, 0.3) is 10.9 Å². The van der Waals surface area contributed by atoms with Crippen molar-refractivity contribution in [3.05, 3.63) is 56.6 Å². The highest BCUT2D eigenvalue weighted by atomic mass is 35.5. The number of anilines is 1. The van der Waals surface area contributed by atoms with Gasteiger partial charge in [-0.15, -0.1) is 0 Å². The molecule has 1 aliphatic rings. The lowest BCUT2D eigenvalue weighted by atomic mass is 10.0. The standard InChI is InChI=1S/C17H15ClN4O3/c1-25-17(24)9-2-3-12-10(6-9)11-8-22(5-4-13(11)20-12)14-7-19-21-16(23)15(14)18/h2-3,6-7,20H,4-5,8H2,1H3,(H,21,23). The van der Waals surface area contributed by atoms with Crippen LogP contribution in [-0.2, 0) is 17.7 Å². The molecule has 3 aromatic rings. The summed E-state index contributed by atoms with van der Waals surface area (Å²) < 4.78 is 4.80. The number of carbonyl (C=O) groups is 1. The van der Waals surface area contributed by atoms with Gasteiger partial charge in [-0.1, -0.05) is 11.6 Å². The molecule has 4 rings (SSSR count). The van der Waals surface area contributed by atoms with E-state index in [-0.39, 0.29) is 11.0 Å². The number of methoxy groups -OCH3 is 1. The SMILES string of the molecule is COC(=O)c1ccc2[nH]c3c(c2c1)CN(c1cn[nH]c(=O)c1Cl)CC3. The molecule has 3 heterocycles. The molecule has 2 aromatic heterocycles. The van der Waals surface area contributed by atoms with Gasteiger partial charge in [0.25, 0.3) is 5.56 Å². The number of nitrogens with zero attached hydrogens (tertiary/aromatic N) is 2. The van der Waals surface area contributed by atoms with E-state index in [1.54, 1.807) is 12.3 Å². The number of aromatic amines is 2. The lowest BCUT2D eigenvalue weighted by Gasteiger charge is -2.29. The monoisotopic (exact) mass is 358 g/mol. The van der Waals surface area contributed by atoms with Crippen LogP contribution in [0.3, 0.4) is 0 Å². The van der Waals surface area contributed by atoms with Gasteiger partial charge in [0.2, 0.25) is 0 Å². The van der Waals surface area contributed by atoms with Crippen LogP contribution in [-0.4, -0.2) is 34.8 Å². The van der Waals surface area contributed by atoms with E-state index in [2.05, 4.69) is 15.2 Å². The molecule has 0 fully saturated rings. The van der Waals surface area contributed by atoms with Gasteiger partial charge in [0.1, 0.15) is 5.02 Å². The van der Waals surface area contributed by atoms with E-state index >= 15 is 0 Å². The van der Waals surface area contributed by atoms with Crippen LogP contribution in [0, 0.1) is 0 Å². The van der Waals surface area contributed by atoms with Gasteiger partial charge in [0.05, 0.1) is 24.6 Å². The minimum atomic E-state index is -0.406. The number of ether oxygens (including phenoxy) is 1. The van der Waals surface area contributed by atoms with Crippen LogP contribution in [0.2, 0.25) is 5.02 Å². The van der Waals surface area contributed by atoms with Crippen LogP contribution >= 0.6 is 11.6 Å². The Morgan fingerprint density at radius 1 is 1.40 bits per heavy atom. The topological polar surface area (TPSA) is 91.1 Å². The van der Waals surface area contributed by atoms with Crippen molar-refractivity contribution in [2.45, 2.75) is 13.0 Å². The molecule has 0 radical (unpaired) electrons. The number of hydrogen-bond acceptors (Lipinski definition) is 5. The predicted molar refractivity (Wildman–Crippen MR) is 94.3 cm³/mol. The second kappa shape index (κ2) is 5.93. The summed E-state index contributed by atoms with van der Waals surface area (Å²) in [5, 5.41) is 7.27. The van der Waals surface area contributed by atoms with Crippen molar-refractivity contribution < 1.29 is 9.53 Å². The fourth-order valence-corrected chi connectivity index (χ4v) is 3.47. The molecule has 0 spiro atoms. The van der Waals surface area contributed by atoms with E-state index in [9.17, 15) is 9.59 Å². The molecule has 0 saturated carbocycles. The van der Waals surface area contributed by atoms with Gasteiger partial charge in [-0.05, 0) is 18.2 Å². The first kappa shape index (κ1) is 15.7. The molecule has 128 valence electrons. The molecule has 0 amide bonds. The van der Waals surface area contributed by atoms with Crippen molar-refractivity contribution in [3.8, 4) is 0 Å². The maximum absolute atomic E-state index is 11.8. The van der Waals surface area contributed by atoms with Crippen LogP contribution < -0.4 is 10.5 Å². The van der Waals surface area contributed by atoms with Crippen LogP contribution in [0.4, 0.5) is 5.69 Å². The second-order valence-electron chi connectivity index (χ2n) is 5.90. The van der Waals surface area contributed by atoms with Crippen LogP contribution in [0.5, 0.6) is 0 Å². The first-order valence-corrected chi connectivity index (χ1v) is 8.16. The Balaban J connectivity index is 1.78. The average molecular weight is 359 g/mol. The Labute approximate surface area is 147 Å². The molecule has 2 N–H and O–H groups in total. The molecule has 0 saturated heterocycles.